The summed E-state index contributed by atoms with van der Waals surface area (Å²) < 4.78 is 17.4. The topological polar surface area (TPSA) is 64.1 Å². The number of nitrogens with one attached hydrogen (secondary N) is 2. The fourth-order valence-electron chi connectivity index (χ4n) is 3.48. The second kappa shape index (κ2) is 14.2. The molecule has 0 amide bonds. The van der Waals surface area contributed by atoms with Gasteiger partial charge < -0.3 is 24.8 Å². The van der Waals surface area contributed by atoms with Crippen LogP contribution in [0.2, 0.25) is 0 Å². The summed E-state index contributed by atoms with van der Waals surface area (Å²) in [6.07, 6.45) is 1.07. The predicted molar refractivity (Wildman–Crippen MR) is 140 cm³/mol. The molecule has 3 rings (SSSR count). The third-order valence-electron chi connectivity index (χ3n) is 5.19. The van der Waals surface area contributed by atoms with E-state index >= 15 is 0 Å². The second-order valence-electron chi connectivity index (χ2n) is 7.74. The highest BCUT2D eigenvalue weighted by Gasteiger charge is 2.17. The summed E-state index contributed by atoms with van der Waals surface area (Å²) in [5, 5.41) is 6.76. The Labute approximate surface area is 209 Å². The largest absolute Gasteiger partial charge is 0.494 e. The van der Waals surface area contributed by atoms with Crippen molar-refractivity contribution >= 4 is 29.9 Å². The highest BCUT2D eigenvalue weighted by molar-refractivity contribution is 14.0. The summed E-state index contributed by atoms with van der Waals surface area (Å²) in [7, 11) is 0. The molecule has 7 heteroatoms. The minimum atomic E-state index is 0. The lowest BCUT2D eigenvalue weighted by molar-refractivity contribution is 0.166. The van der Waals surface area contributed by atoms with Crippen LogP contribution in [0.5, 0.6) is 11.5 Å². The number of hydrogen-bond donors (Lipinski definition) is 2. The van der Waals surface area contributed by atoms with E-state index < -0.39 is 0 Å². The number of hydrogen-bond acceptors (Lipinski definition) is 4. The molecule has 1 unspecified atom stereocenters. The smallest absolute Gasteiger partial charge is 0.191 e. The first-order valence-electron chi connectivity index (χ1n) is 11.2. The van der Waals surface area contributed by atoms with Crippen molar-refractivity contribution in [3.05, 3.63) is 59.2 Å². The fourth-order valence-corrected chi connectivity index (χ4v) is 3.48. The average molecular weight is 553 g/mol. The molecule has 0 radical (unpaired) electrons. The standard InChI is InChI=1S/C25H35N3O3.HI/c1-4-26-25(27-15-21-8-6-7-9-23(21)30-5-2)28-16-22-11-10-19(3)14-24(22)31-18-20-12-13-29-17-20;/h6-11,14,20H,4-5,12-13,15-18H2,1-3H3,(H2,26,27,28);1H. The first-order chi connectivity index (χ1) is 15.2. The molecule has 1 fully saturated rings. The lowest BCUT2D eigenvalue weighted by Crippen LogP contribution is -2.36. The summed E-state index contributed by atoms with van der Waals surface area (Å²) >= 11 is 0. The van der Waals surface area contributed by atoms with Crippen LogP contribution in [0, 0.1) is 12.8 Å². The van der Waals surface area contributed by atoms with Gasteiger partial charge >= 0.3 is 0 Å². The quantitative estimate of drug-likeness (QED) is 0.254. The van der Waals surface area contributed by atoms with E-state index in [2.05, 4.69) is 48.7 Å². The van der Waals surface area contributed by atoms with Gasteiger partial charge in [-0.1, -0.05) is 30.3 Å². The summed E-state index contributed by atoms with van der Waals surface area (Å²) in [6.45, 7) is 11.1. The van der Waals surface area contributed by atoms with E-state index in [1.165, 1.54) is 5.56 Å². The number of benzene rings is 2. The van der Waals surface area contributed by atoms with E-state index in [1.807, 2.05) is 25.1 Å². The summed E-state index contributed by atoms with van der Waals surface area (Å²) in [5.74, 6) is 3.06. The fraction of sp³-hybridized carbons (Fsp3) is 0.480. The van der Waals surface area contributed by atoms with Crippen LogP contribution in [-0.4, -0.2) is 38.9 Å². The van der Waals surface area contributed by atoms with Crippen LogP contribution in [0.15, 0.2) is 47.5 Å². The molecule has 0 aliphatic carbocycles. The molecule has 1 aliphatic rings. The molecule has 2 aromatic carbocycles. The van der Waals surface area contributed by atoms with E-state index in [1.54, 1.807) is 0 Å². The van der Waals surface area contributed by atoms with Gasteiger partial charge in [0.1, 0.15) is 11.5 Å². The molecular weight excluding hydrogens is 517 g/mol. The number of nitrogens with zero attached hydrogens (tertiary/aromatic N) is 1. The molecular formula is C25H36IN3O3. The third kappa shape index (κ3) is 8.16. The monoisotopic (exact) mass is 553 g/mol. The Morgan fingerprint density at radius 3 is 2.66 bits per heavy atom. The summed E-state index contributed by atoms with van der Waals surface area (Å²) in [6, 6.07) is 14.4. The molecule has 0 saturated carbocycles. The van der Waals surface area contributed by atoms with Gasteiger partial charge in [0.2, 0.25) is 0 Å². The summed E-state index contributed by atoms with van der Waals surface area (Å²) in [4.78, 5) is 4.75. The number of para-hydroxylation sites is 1. The molecule has 2 N–H and O–H groups in total. The Morgan fingerprint density at radius 1 is 1.06 bits per heavy atom. The van der Waals surface area contributed by atoms with Crippen molar-refractivity contribution < 1.29 is 14.2 Å². The normalized spacial score (nSPS) is 15.7. The van der Waals surface area contributed by atoms with E-state index in [9.17, 15) is 0 Å². The van der Waals surface area contributed by atoms with Gasteiger partial charge in [-0.3, -0.25) is 0 Å². The Kier molecular flexibility index (Phi) is 11.7. The van der Waals surface area contributed by atoms with Crippen LogP contribution >= 0.6 is 24.0 Å². The van der Waals surface area contributed by atoms with Crippen molar-refractivity contribution in [2.45, 2.75) is 40.3 Å². The Balaban J connectivity index is 0.00000363. The first kappa shape index (κ1) is 26.3. The van der Waals surface area contributed by atoms with Gasteiger partial charge in [0.15, 0.2) is 5.96 Å². The van der Waals surface area contributed by atoms with Crippen LogP contribution in [0.25, 0.3) is 0 Å². The van der Waals surface area contributed by atoms with Crippen LogP contribution in [0.1, 0.15) is 37.0 Å². The van der Waals surface area contributed by atoms with Gasteiger partial charge in [0, 0.05) is 36.7 Å². The maximum Gasteiger partial charge on any atom is 0.191 e. The minimum Gasteiger partial charge on any atom is -0.494 e. The van der Waals surface area contributed by atoms with Crippen molar-refractivity contribution in [3.8, 4) is 11.5 Å². The Bertz CT molecular complexity index is 854. The zero-order valence-electron chi connectivity index (χ0n) is 19.4. The van der Waals surface area contributed by atoms with Gasteiger partial charge in [-0.05, 0) is 44.9 Å². The molecule has 32 heavy (non-hydrogen) atoms. The molecule has 0 aromatic heterocycles. The van der Waals surface area contributed by atoms with Gasteiger partial charge in [-0.25, -0.2) is 4.99 Å². The molecule has 0 bridgehead atoms. The van der Waals surface area contributed by atoms with Crippen molar-refractivity contribution in [2.24, 2.45) is 10.9 Å². The molecule has 0 spiro atoms. The van der Waals surface area contributed by atoms with E-state index in [0.29, 0.717) is 32.2 Å². The van der Waals surface area contributed by atoms with Crippen LogP contribution in [0.3, 0.4) is 0 Å². The van der Waals surface area contributed by atoms with Crippen molar-refractivity contribution in [1.29, 1.82) is 0 Å². The molecule has 2 aromatic rings. The predicted octanol–water partition coefficient (Wildman–Crippen LogP) is 4.68. The maximum absolute atomic E-state index is 6.17. The van der Waals surface area contributed by atoms with E-state index in [4.69, 9.17) is 19.2 Å². The van der Waals surface area contributed by atoms with Gasteiger partial charge in [0.05, 0.1) is 26.4 Å². The molecule has 1 heterocycles. The van der Waals surface area contributed by atoms with Gasteiger partial charge in [0.25, 0.3) is 0 Å². The number of aliphatic imine (C=N–C) groups is 1. The molecule has 1 saturated heterocycles. The third-order valence-corrected chi connectivity index (χ3v) is 5.19. The van der Waals surface area contributed by atoms with Gasteiger partial charge in [-0.2, -0.15) is 0 Å². The van der Waals surface area contributed by atoms with Crippen LogP contribution in [-0.2, 0) is 17.8 Å². The van der Waals surface area contributed by atoms with Gasteiger partial charge in [-0.15, -0.1) is 24.0 Å². The molecule has 176 valence electrons. The number of guanidine groups is 1. The lowest BCUT2D eigenvalue weighted by Gasteiger charge is -2.17. The zero-order valence-corrected chi connectivity index (χ0v) is 21.7. The van der Waals surface area contributed by atoms with Crippen LogP contribution < -0.4 is 20.1 Å². The lowest BCUT2D eigenvalue weighted by atomic mass is 10.1. The SMILES string of the molecule is CCNC(=NCc1ccccc1OCC)NCc1ccc(C)cc1OCC1CCOC1.I. The molecule has 1 atom stereocenters. The number of rotatable bonds is 10. The number of halogens is 1. The Morgan fingerprint density at radius 2 is 1.91 bits per heavy atom. The Hall–Kier alpha value is -2.00. The number of aryl methyl sites for hydroxylation is 1. The first-order valence-corrected chi connectivity index (χ1v) is 11.2. The highest BCUT2D eigenvalue weighted by Crippen LogP contribution is 2.23. The van der Waals surface area contributed by atoms with E-state index in [-0.39, 0.29) is 24.0 Å². The maximum atomic E-state index is 6.17. The summed E-state index contributed by atoms with van der Waals surface area (Å²) in [5.41, 5.74) is 3.37. The number of ether oxygens (including phenoxy) is 3. The average Bonchev–Trinajstić information content (AvgIpc) is 3.30. The van der Waals surface area contributed by atoms with E-state index in [0.717, 1.165) is 54.8 Å². The van der Waals surface area contributed by atoms with Crippen molar-refractivity contribution in [2.75, 3.05) is 33.0 Å². The van der Waals surface area contributed by atoms with Crippen molar-refractivity contribution in [3.63, 3.8) is 0 Å². The molecule has 6 nitrogen and oxygen atoms in total. The highest BCUT2D eigenvalue weighted by atomic mass is 127. The van der Waals surface area contributed by atoms with Crippen LogP contribution in [0.4, 0.5) is 0 Å². The van der Waals surface area contributed by atoms with Crippen molar-refractivity contribution in [1.82, 2.24) is 10.6 Å². The second-order valence-corrected chi connectivity index (χ2v) is 7.74. The zero-order chi connectivity index (χ0) is 21.9. The molecule has 1 aliphatic heterocycles. The minimum absolute atomic E-state index is 0.